The zero-order valence-electron chi connectivity index (χ0n) is 7.05. The molecule has 0 aromatic carbocycles. The normalized spacial score (nSPS) is 56.4. The van der Waals surface area contributed by atoms with Crippen LogP contribution in [0.25, 0.3) is 0 Å². The van der Waals surface area contributed by atoms with E-state index < -0.39 is 0 Å². The molecule has 2 heteroatoms. The zero-order chi connectivity index (χ0) is 8.34. The summed E-state index contributed by atoms with van der Waals surface area (Å²) in [7, 11) is 0. The van der Waals surface area contributed by atoms with Crippen LogP contribution in [0.1, 0.15) is 32.1 Å². The average molecular weight is 229 g/mol. The lowest BCUT2D eigenvalue weighted by molar-refractivity contribution is -0.138. The van der Waals surface area contributed by atoms with Crippen LogP contribution >= 0.6 is 15.9 Å². The highest BCUT2D eigenvalue weighted by Gasteiger charge is 2.53. The SMILES string of the molecule is O=C1[C@H]2CC3C[C@H]1CC(Br)(C3)C2. The second kappa shape index (κ2) is 2.14. The monoisotopic (exact) mass is 228 g/mol. The van der Waals surface area contributed by atoms with Crippen molar-refractivity contribution in [3.05, 3.63) is 0 Å². The topological polar surface area (TPSA) is 17.1 Å². The van der Waals surface area contributed by atoms with Crippen molar-refractivity contribution in [1.82, 2.24) is 0 Å². The second-order valence-electron chi connectivity index (χ2n) is 4.90. The Balaban J connectivity index is 2.00. The number of carbonyl (C=O) groups excluding carboxylic acids is 1. The standard InChI is InChI=1S/C10H13BrO/c11-10-3-6-1-7(4-10)9(12)8(2-6)5-10/h6-8H,1-5H2/t6?,7-,8-,10?/m0/s1. The van der Waals surface area contributed by atoms with Crippen molar-refractivity contribution in [3.8, 4) is 0 Å². The number of halogens is 1. The Morgan fingerprint density at radius 2 is 1.75 bits per heavy atom. The predicted octanol–water partition coefficient (Wildman–Crippen LogP) is 2.53. The van der Waals surface area contributed by atoms with Crippen LogP contribution in [0, 0.1) is 17.8 Å². The highest BCUT2D eigenvalue weighted by molar-refractivity contribution is 9.10. The minimum absolute atomic E-state index is 0.372. The molecule has 12 heavy (non-hydrogen) atoms. The summed E-state index contributed by atoms with van der Waals surface area (Å²) in [6.07, 6.45) is 5.97. The lowest BCUT2D eigenvalue weighted by atomic mass is 9.55. The Kier molecular flexibility index (Phi) is 1.35. The van der Waals surface area contributed by atoms with E-state index in [1.165, 1.54) is 19.3 Å². The lowest BCUT2D eigenvalue weighted by Gasteiger charge is -2.53. The number of carbonyl (C=O) groups is 1. The van der Waals surface area contributed by atoms with Gasteiger partial charge in [-0.3, -0.25) is 4.79 Å². The van der Waals surface area contributed by atoms with Gasteiger partial charge in [0.05, 0.1) is 0 Å². The van der Waals surface area contributed by atoms with Crippen molar-refractivity contribution < 1.29 is 4.79 Å². The van der Waals surface area contributed by atoms with Gasteiger partial charge in [-0.15, -0.1) is 0 Å². The van der Waals surface area contributed by atoms with Crippen LogP contribution in [0.2, 0.25) is 0 Å². The molecule has 0 spiro atoms. The molecule has 0 radical (unpaired) electrons. The molecule has 0 aromatic heterocycles. The number of Topliss-reactive ketones (excluding diaryl/α,β-unsaturated/α-hetero) is 1. The van der Waals surface area contributed by atoms with Crippen LogP contribution in [0.3, 0.4) is 0 Å². The molecule has 0 aliphatic heterocycles. The van der Waals surface area contributed by atoms with Gasteiger partial charge >= 0.3 is 0 Å². The highest BCUT2D eigenvalue weighted by atomic mass is 79.9. The van der Waals surface area contributed by atoms with Gasteiger partial charge < -0.3 is 0 Å². The van der Waals surface area contributed by atoms with E-state index in [4.69, 9.17) is 0 Å². The number of alkyl halides is 1. The molecule has 0 amide bonds. The van der Waals surface area contributed by atoms with Crippen molar-refractivity contribution >= 4 is 21.7 Å². The Hall–Kier alpha value is 0.150. The molecule has 0 N–H and O–H groups in total. The quantitative estimate of drug-likeness (QED) is 0.583. The van der Waals surface area contributed by atoms with Crippen LogP contribution < -0.4 is 0 Å². The molecule has 1 nitrogen and oxygen atoms in total. The zero-order valence-corrected chi connectivity index (χ0v) is 8.64. The van der Waals surface area contributed by atoms with Gasteiger partial charge in [0.1, 0.15) is 5.78 Å². The maximum atomic E-state index is 11.7. The first-order chi connectivity index (χ1) is 5.66. The van der Waals surface area contributed by atoms with E-state index in [9.17, 15) is 4.79 Å². The first-order valence-electron chi connectivity index (χ1n) is 4.89. The van der Waals surface area contributed by atoms with Gasteiger partial charge in [0.25, 0.3) is 0 Å². The molecule has 2 atom stereocenters. The van der Waals surface area contributed by atoms with Gasteiger partial charge in [0.2, 0.25) is 0 Å². The van der Waals surface area contributed by atoms with Crippen LogP contribution in [0.5, 0.6) is 0 Å². The Morgan fingerprint density at radius 3 is 2.25 bits per heavy atom. The second-order valence-corrected chi connectivity index (χ2v) is 6.58. The molecule has 4 fully saturated rings. The number of ketones is 1. The van der Waals surface area contributed by atoms with Gasteiger partial charge in [0, 0.05) is 16.2 Å². The van der Waals surface area contributed by atoms with Gasteiger partial charge in [-0.2, -0.15) is 0 Å². The molecular weight excluding hydrogens is 216 g/mol. The van der Waals surface area contributed by atoms with E-state index in [1.54, 1.807) is 0 Å². The van der Waals surface area contributed by atoms with E-state index >= 15 is 0 Å². The maximum absolute atomic E-state index is 11.7. The molecule has 0 aromatic rings. The first-order valence-corrected chi connectivity index (χ1v) is 5.68. The minimum Gasteiger partial charge on any atom is -0.299 e. The van der Waals surface area contributed by atoms with Crippen LogP contribution in [-0.4, -0.2) is 10.1 Å². The van der Waals surface area contributed by atoms with Crippen LogP contribution in [-0.2, 0) is 4.79 Å². The smallest absolute Gasteiger partial charge is 0.139 e. The highest BCUT2D eigenvalue weighted by Crippen LogP contribution is 2.57. The predicted molar refractivity (Wildman–Crippen MR) is 50.2 cm³/mol. The summed E-state index contributed by atoms with van der Waals surface area (Å²) in [5.74, 6) is 2.30. The third-order valence-electron chi connectivity index (χ3n) is 3.92. The van der Waals surface area contributed by atoms with Gasteiger partial charge in [0.15, 0.2) is 0 Å². The molecule has 4 rings (SSSR count). The van der Waals surface area contributed by atoms with E-state index in [-0.39, 0.29) is 0 Å². The molecule has 0 saturated heterocycles. The van der Waals surface area contributed by atoms with E-state index in [2.05, 4.69) is 15.9 Å². The van der Waals surface area contributed by atoms with Gasteiger partial charge in [-0.1, -0.05) is 15.9 Å². The van der Waals surface area contributed by atoms with Gasteiger partial charge in [-0.25, -0.2) is 0 Å². The summed E-state index contributed by atoms with van der Waals surface area (Å²) in [4.78, 5) is 11.7. The summed E-state index contributed by atoms with van der Waals surface area (Å²) in [6.45, 7) is 0. The average Bonchev–Trinajstić information content (AvgIpc) is 1.96. The summed E-state index contributed by atoms with van der Waals surface area (Å²) in [6, 6.07) is 0. The largest absolute Gasteiger partial charge is 0.299 e. The summed E-state index contributed by atoms with van der Waals surface area (Å²) >= 11 is 3.83. The van der Waals surface area contributed by atoms with Crippen LogP contribution in [0.15, 0.2) is 0 Å². The molecule has 66 valence electrons. The third-order valence-corrected chi connectivity index (χ3v) is 4.89. The minimum atomic E-state index is 0.372. The third kappa shape index (κ3) is 0.876. The molecule has 4 bridgehead atoms. The Bertz CT molecular complexity index is 230. The molecule has 4 saturated carbocycles. The molecular formula is C10H13BrO. The number of rotatable bonds is 0. The fourth-order valence-corrected chi connectivity index (χ4v) is 4.89. The van der Waals surface area contributed by atoms with Gasteiger partial charge in [-0.05, 0) is 38.0 Å². The van der Waals surface area contributed by atoms with Crippen molar-refractivity contribution in [1.29, 1.82) is 0 Å². The fraction of sp³-hybridized carbons (Fsp3) is 0.900. The number of hydrogen-bond donors (Lipinski definition) is 0. The lowest BCUT2D eigenvalue weighted by Crippen LogP contribution is -2.52. The van der Waals surface area contributed by atoms with E-state index in [0.717, 1.165) is 18.8 Å². The van der Waals surface area contributed by atoms with Crippen molar-refractivity contribution in [3.63, 3.8) is 0 Å². The summed E-state index contributed by atoms with van der Waals surface area (Å²) in [5.41, 5.74) is 0. The molecule has 4 aliphatic carbocycles. The maximum Gasteiger partial charge on any atom is 0.139 e. The van der Waals surface area contributed by atoms with Crippen molar-refractivity contribution in [2.75, 3.05) is 0 Å². The summed E-state index contributed by atoms with van der Waals surface area (Å²) in [5, 5.41) is 0. The van der Waals surface area contributed by atoms with Crippen LogP contribution in [0.4, 0.5) is 0 Å². The Morgan fingerprint density at radius 1 is 1.17 bits per heavy atom. The Labute approximate surface area is 81.0 Å². The van der Waals surface area contributed by atoms with E-state index in [0.29, 0.717) is 21.9 Å². The fourth-order valence-electron chi connectivity index (χ4n) is 3.65. The number of hydrogen-bond acceptors (Lipinski definition) is 1. The van der Waals surface area contributed by atoms with Crippen molar-refractivity contribution in [2.45, 2.75) is 36.4 Å². The summed E-state index contributed by atoms with van der Waals surface area (Å²) < 4.78 is 0.372. The van der Waals surface area contributed by atoms with Crippen molar-refractivity contribution in [2.24, 2.45) is 17.8 Å². The van der Waals surface area contributed by atoms with E-state index in [1.807, 2.05) is 0 Å². The first kappa shape index (κ1) is 7.54. The molecule has 4 aliphatic rings. The molecule has 0 heterocycles. The molecule has 0 unspecified atom stereocenters.